The highest BCUT2D eigenvalue weighted by Crippen LogP contribution is 2.44. The summed E-state index contributed by atoms with van der Waals surface area (Å²) in [6.07, 6.45) is 4.25. The summed E-state index contributed by atoms with van der Waals surface area (Å²) in [6.45, 7) is 5.21. The molecule has 3 aromatic rings. The quantitative estimate of drug-likeness (QED) is 0.665. The van der Waals surface area contributed by atoms with Crippen molar-refractivity contribution in [2.75, 3.05) is 0 Å². The molecule has 8 nitrogen and oxygen atoms in total. The third-order valence-corrected chi connectivity index (χ3v) is 9.00. The lowest BCUT2D eigenvalue weighted by atomic mass is 9.95. The summed E-state index contributed by atoms with van der Waals surface area (Å²) in [4.78, 5) is 20.0. The van der Waals surface area contributed by atoms with Gasteiger partial charge in [0.2, 0.25) is 5.91 Å². The second-order valence-corrected chi connectivity index (χ2v) is 11.4. The first-order valence-corrected chi connectivity index (χ1v) is 12.3. The number of nitrogens with zero attached hydrogens (tertiary/aromatic N) is 4. The Morgan fingerprint density at radius 1 is 1.33 bits per heavy atom. The van der Waals surface area contributed by atoms with Gasteiger partial charge in [-0.05, 0) is 45.1 Å². The Bertz CT molecular complexity index is 1250. The van der Waals surface area contributed by atoms with Crippen LogP contribution in [0.2, 0.25) is 0 Å². The number of hydrogen-bond acceptors (Lipinski definition) is 6. The smallest absolute Gasteiger partial charge is 0.251 e. The third-order valence-electron chi connectivity index (χ3n) is 5.95. The molecule has 10 heteroatoms. The highest BCUT2D eigenvalue weighted by Gasteiger charge is 2.48. The summed E-state index contributed by atoms with van der Waals surface area (Å²) in [5, 5.41) is 6.28. The predicted molar refractivity (Wildman–Crippen MR) is 113 cm³/mol. The van der Waals surface area contributed by atoms with E-state index < -0.39 is 15.6 Å². The average molecular weight is 446 g/mol. The molecule has 2 aliphatic heterocycles. The fraction of sp³-hybridized carbons (Fsp3) is 0.450. The number of thiophene rings is 1. The van der Waals surface area contributed by atoms with E-state index in [1.54, 1.807) is 25.3 Å². The summed E-state index contributed by atoms with van der Waals surface area (Å²) in [7, 11) is -3.76. The number of carbonyl (C=O) groups excluding carboxylic acids is 1. The molecule has 0 aromatic carbocycles. The van der Waals surface area contributed by atoms with E-state index in [4.69, 9.17) is 0 Å². The number of aryl methyl sites for hydroxylation is 1. The van der Waals surface area contributed by atoms with Gasteiger partial charge in [0.05, 0.1) is 17.4 Å². The minimum atomic E-state index is -3.76. The molecular weight excluding hydrogens is 422 g/mol. The Kier molecular flexibility index (Phi) is 4.32. The van der Waals surface area contributed by atoms with Crippen molar-refractivity contribution < 1.29 is 13.2 Å². The van der Waals surface area contributed by atoms with Gasteiger partial charge in [0.25, 0.3) is 10.0 Å². The molecule has 2 bridgehead atoms. The zero-order valence-corrected chi connectivity index (χ0v) is 18.6. The van der Waals surface area contributed by atoms with Gasteiger partial charge in [0, 0.05) is 30.3 Å². The largest absolute Gasteiger partial charge is 0.331 e. The molecule has 30 heavy (non-hydrogen) atoms. The van der Waals surface area contributed by atoms with Gasteiger partial charge in [0.15, 0.2) is 5.65 Å². The third kappa shape index (κ3) is 2.97. The topological polar surface area (TPSA) is 96.7 Å². The zero-order valence-electron chi connectivity index (χ0n) is 17.0. The standard InChI is InChI=1S/C20H23N5O3S2/c1-12-9-17-21-11-14-15-7-6-13(10-16(14)25(17)22-12)24(15)19(26)20(2,3)23-30(27,28)18-5-4-8-29-18/h4-5,8-9,11,13,15,23H,6-7,10H2,1-3H3. The molecular formula is C20H23N5O3S2. The first kappa shape index (κ1) is 19.7. The van der Waals surface area contributed by atoms with Crippen LogP contribution >= 0.6 is 11.3 Å². The van der Waals surface area contributed by atoms with Crippen LogP contribution in [-0.4, -0.2) is 45.4 Å². The maximum atomic E-state index is 13.6. The Morgan fingerprint density at radius 2 is 2.13 bits per heavy atom. The number of aromatic nitrogens is 3. The number of rotatable bonds is 4. The van der Waals surface area contributed by atoms with E-state index in [1.807, 2.05) is 28.6 Å². The minimum absolute atomic E-state index is 0.0237. The molecule has 2 atom stereocenters. The Morgan fingerprint density at radius 3 is 2.87 bits per heavy atom. The minimum Gasteiger partial charge on any atom is -0.331 e. The molecule has 0 saturated carbocycles. The molecule has 2 aliphatic rings. The molecule has 0 aliphatic carbocycles. The van der Waals surface area contributed by atoms with E-state index in [-0.39, 0.29) is 22.2 Å². The highest BCUT2D eigenvalue weighted by molar-refractivity contribution is 7.91. The van der Waals surface area contributed by atoms with E-state index in [9.17, 15) is 13.2 Å². The summed E-state index contributed by atoms with van der Waals surface area (Å²) < 4.78 is 30.2. The first-order chi connectivity index (χ1) is 14.2. The van der Waals surface area contributed by atoms with Gasteiger partial charge < -0.3 is 4.90 Å². The molecule has 2 unspecified atom stereocenters. The van der Waals surface area contributed by atoms with Crippen LogP contribution in [0.4, 0.5) is 0 Å². The molecule has 1 amide bonds. The summed E-state index contributed by atoms with van der Waals surface area (Å²) >= 11 is 1.13. The lowest BCUT2D eigenvalue weighted by Gasteiger charge is -2.40. The van der Waals surface area contributed by atoms with Gasteiger partial charge in [-0.3, -0.25) is 4.79 Å². The fourth-order valence-electron chi connectivity index (χ4n) is 4.68. The number of fused-ring (bicyclic) bond motifs is 6. The maximum Gasteiger partial charge on any atom is 0.251 e. The Hall–Kier alpha value is -2.30. The molecule has 1 fully saturated rings. The van der Waals surface area contributed by atoms with Crippen LogP contribution in [0.1, 0.15) is 49.7 Å². The van der Waals surface area contributed by atoms with Crippen LogP contribution in [0.25, 0.3) is 5.65 Å². The van der Waals surface area contributed by atoms with E-state index in [0.717, 1.165) is 46.8 Å². The van der Waals surface area contributed by atoms with Crippen molar-refractivity contribution >= 4 is 32.9 Å². The van der Waals surface area contributed by atoms with Crippen molar-refractivity contribution in [3.63, 3.8) is 0 Å². The van der Waals surface area contributed by atoms with Gasteiger partial charge in [0.1, 0.15) is 9.75 Å². The molecule has 3 aromatic heterocycles. The maximum absolute atomic E-state index is 13.6. The zero-order chi connectivity index (χ0) is 21.3. The van der Waals surface area contributed by atoms with Crippen molar-refractivity contribution in [1.82, 2.24) is 24.2 Å². The van der Waals surface area contributed by atoms with Crippen LogP contribution in [-0.2, 0) is 21.2 Å². The normalized spacial score (nSPS) is 21.2. The second kappa shape index (κ2) is 6.60. The van der Waals surface area contributed by atoms with Gasteiger partial charge in [-0.1, -0.05) is 6.07 Å². The molecule has 5 heterocycles. The Labute approximate surface area is 179 Å². The molecule has 0 radical (unpaired) electrons. The molecule has 0 spiro atoms. The highest BCUT2D eigenvalue weighted by atomic mass is 32.2. The summed E-state index contributed by atoms with van der Waals surface area (Å²) in [6, 6.07) is 5.08. The fourth-order valence-corrected chi connectivity index (χ4v) is 7.04. The number of carbonyl (C=O) groups is 1. The molecule has 1 N–H and O–H groups in total. The van der Waals surface area contributed by atoms with Crippen LogP contribution in [0, 0.1) is 6.92 Å². The van der Waals surface area contributed by atoms with E-state index in [2.05, 4.69) is 14.8 Å². The van der Waals surface area contributed by atoms with E-state index in [0.29, 0.717) is 6.42 Å². The average Bonchev–Trinajstić information content (AvgIpc) is 3.38. The molecule has 5 rings (SSSR count). The predicted octanol–water partition coefficient (Wildman–Crippen LogP) is 2.44. The van der Waals surface area contributed by atoms with Gasteiger partial charge >= 0.3 is 0 Å². The van der Waals surface area contributed by atoms with Crippen molar-refractivity contribution in [2.24, 2.45) is 0 Å². The monoisotopic (exact) mass is 445 g/mol. The molecule has 158 valence electrons. The second-order valence-electron chi connectivity index (χ2n) is 8.54. The van der Waals surface area contributed by atoms with Gasteiger partial charge in [-0.15, -0.1) is 11.3 Å². The number of amides is 1. The van der Waals surface area contributed by atoms with E-state index in [1.165, 1.54) is 6.07 Å². The van der Waals surface area contributed by atoms with Crippen LogP contribution < -0.4 is 4.72 Å². The lowest BCUT2D eigenvalue weighted by molar-refractivity contribution is -0.140. The van der Waals surface area contributed by atoms with Crippen molar-refractivity contribution in [1.29, 1.82) is 0 Å². The van der Waals surface area contributed by atoms with Crippen LogP contribution in [0.15, 0.2) is 34.0 Å². The first-order valence-electron chi connectivity index (χ1n) is 9.92. The van der Waals surface area contributed by atoms with E-state index >= 15 is 0 Å². The van der Waals surface area contributed by atoms with Crippen LogP contribution in [0.5, 0.6) is 0 Å². The number of hydrogen-bond donors (Lipinski definition) is 1. The summed E-state index contributed by atoms with van der Waals surface area (Å²) in [5.74, 6) is -0.211. The summed E-state index contributed by atoms with van der Waals surface area (Å²) in [5.41, 5.74) is 2.56. The Balaban J connectivity index is 1.48. The van der Waals surface area contributed by atoms with Crippen LogP contribution in [0.3, 0.4) is 0 Å². The van der Waals surface area contributed by atoms with Gasteiger partial charge in [-0.2, -0.15) is 9.82 Å². The van der Waals surface area contributed by atoms with Crippen molar-refractivity contribution in [3.8, 4) is 0 Å². The van der Waals surface area contributed by atoms with Gasteiger partial charge in [-0.25, -0.2) is 17.9 Å². The number of nitrogens with one attached hydrogen (secondary N) is 1. The SMILES string of the molecule is Cc1cc2ncc3c(n2n1)CC1CCC3N1C(=O)C(C)(C)NS(=O)(=O)c1cccs1. The van der Waals surface area contributed by atoms with Crippen molar-refractivity contribution in [3.05, 3.63) is 46.7 Å². The molecule has 1 saturated heterocycles. The van der Waals surface area contributed by atoms with Crippen molar-refractivity contribution in [2.45, 2.75) is 61.9 Å². The lowest BCUT2D eigenvalue weighted by Crippen LogP contribution is -2.58. The number of sulfonamides is 1.